The molecule has 0 radical (unpaired) electrons. The number of para-hydroxylation sites is 1. The van der Waals surface area contributed by atoms with Crippen LogP contribution in [0.2, 0.25) is 0 Å². The van der Waals surface area contributed by atoms with E-state index in [1.807, 2.05) is 30.5 Å². The number of H-pyrrole nitrogens is 1. The van der Waals surface area contributed by atoms with Crippen molar-refractivity contribution < 1.29 is 13.6 Å². The third kappa shape index (κ3) is 3.85. The van der Waals surface area contributed by atoms with Gasteiger partial charge in [0.25, 0.3) is 11.1 Å². The molecular formula is C19H15FN4O2S. The fraction of sp³-hybridized carbons (Fsp3) is 0.105. The topological polar surface area (TPSA) is 83.8 Å². The molecule has 4 aromatic rings. The van der Waals surface area contributed by atoms with E-state index in [9.17, 15) is 9.18 Å². The molecule has 6 nitrogen and oxygen atoms in total. The minimum absolute atomic E-state index is 0.101. The first-order valence-corrected chi connectivity index (χ1v) is 9.22. The molecular weight excluding hydrogens is 367 g/mol. The Morgan fingerprint density at radius 2 is 1.96 bits per heavy atom. The van der Waals surface area contributed by atoms with Crippen molar-refractivity contribution in [1.29, 1.82) is 0 Å². The van der Waals surface area contributed by atoms with Gasteiger partial charge in [0.1, 0.15) is 5.82 Å². The van der Waals surface area contributed by atoms with E-state index in [-0.39, 0.29) is 24.0 Å². The van der Waals surface area contributed by atoms with Gasteiger partial charge in [0.05, 0.1) is 11.3 Å². The van der Waals surface area contributed by atoms with Crippen molar-refractivity contribution in [3.8, 4) is 11.5 Å². The molecule has 4 rings (SSSR count). The van der Waals surface area contributed by atoms with Crippen LogP contribution < -0.4 is 5.32 Å². The number of halogens is 1. The van der Waals surface area contributed by atoms with Crippen LogP contribution in [0.15, 0.2) is 64.4 Å². The molecule has 0 aliphatic rings. The number of benzene rings is 2. The Balaban J connectivity index is 1.36. The second-order valence-corrected chi connectivity index (χ2v) is 6.70. The molecule has 2 N–H and O–H groups in total. The Kier molecular flexibility index (Phi) is 4.88. The summed E-state index contributed by atoms with van der Waals surface area (Å²) in [5.74, 6) is -0.0909. The van der Waals surface area contributed by atoms with E-state index in [0.29, 0.717) is 16.7 Å². The highest BCUT2D eigenvalue weighted by Gasteiger charge is 2.14. The van der Waals surface area contributed by atoms with E-state index >= 15 is 0 Å². The molecule has 0 saturated carbocycles. The van der Waals surface area contributed by atoms with Crippen LogP contribution in [0.5, 0.6) is 0 Å². The summed E-state index contributed by atoms with van der Waals surface area (Å²) >= 11 is 1.14. The first-order valence-electron chi connectivity index (χ1n) is 8.23. The summed E-state index contributed by atoms with van der Waals surface area (Å²) in [6.07, 6.45) is 1.81. The number of nitrogens with one attached hydrogen (secondary N) is 2. The highest BCUT2D eigenvalue weighted by molar-refractivity contribution is 7.99. The number of hydrogen-bond donors (Lipinski definition) is 2. The van der Waals surface area contributed by atoms with E-state index in [4.69, 9.17) is 4.42 Å². The Morgan fingerprint density at radius 3 is 2.85 bits per heavy atom. The first kappa shape index (κ1) is 17.3. The molecule has 2 aromatic heterocycles. The number of rotatable bonds is 6. The van der Waals surface area contributed by atoms with Crippen LogP contribution >= 0.6 is 11.8 Å². The number of nitrogens with zero attached hydrogens (tertiary/aromatic N) is 2. The first-order chi connectivity index (χ1) is 13.2. The Hall–Kier alpha value is -3.13. The molecule has 0 bridgehead atoms. The van der Waals surface area contributed by atoms with Crippen molar-refractivity contribution in [1.82, 2.24) is 20.5 Å². The molecule has 0 aliphatic carbocycles. The number of carbonyl (C=O) groups excluding carboxylic acids is 1. The molecule has 0 fully saturated rings. The van der Waals surface area contributed by atoms with Gasteiger partial charge in [0, 0.05) is 29.2 Å². The van der Waals surface area contributed by atoms with E-state index in [2.05, 4.69) is 20.5 Å². The van der Waals surface area contributed by atoms with Crippen molar-refractivity contribution in [3.05, 3.63) is 66.1 Å². The minimum Gasteiger partial charge on any atom is -0.411 e. The lowest BCUT2D eigenvalue weighted by Crippen LogP contribution is -2.25. The highest BCUT2D eigenvalue weighted by atomic mass is 32.2. The Morgan fingerprint density at radius 1 is 1.15 bits per heavy atom. The van der Waals surface area contributed by atoms with Gasteiger partial charge in [0.15, 0.2) is 0 Å². The van der Waals surface area contributed by atoms with Crippen LogP contribution in [-0.2, 0) is 11.3 Å². The summed E-state index contributed by atoms with van der Waals surface area (Å²) in [6.45, 7) is 0.135. The molecule has 2 aromatic carbocycles. The number of fused-ring (bicyclic) bond motifs is 1. The third-order valence-corrected chi connectivity index (χ3v) is 4.81. The molecule has 0 unspecified atom stereocenters. The third-order valence-electron chi connectivity index (χ3n) is 3.99. The average molecular weight is 382 g/mol. The van der Waals surface area contributed by atoms with Crippen molar-refractivity contribution in [2.75, 3.05) is 5.75 Å². The van der Waals surface area contributed by atoms with Gasteiger partial charge >= 0.3 is 0 Å². The lowest BCUT2D eigenvalue weighted by molar-refractivity contribution is -0.118. The van der Waals surface area contributed by atoms with E-state index in [1.165, 1.54) is 6.07 Å². The number of amides is 1. The van der Waals surface area contributed by atoms with Gasteiger partial charge in [0.2, 0.25) is 5.91 Å². The average Bonchev–Trinajstić information content (AvgIpc) is 3.32. The standard InChI is InChI=1S/C19H15FN4O2S/c20-15-7-3-1-5-12(15)9-22-17(25)11-27-19-24-23-18(26-19)14-10-21-16-8-4-2-6-13(14)16/h1-8,10,21H,9,11H2,(H,22,25). The van der Waals surface area contributed by atoms with Crippen LogP contribution in [0.3, 0.4) is 0 Å². The van der Waals surface area contributed by atoms with E-state index in [1.54, 1.807) is 18.2 Å². The summed E-state index contributed by atoms with van der Waals surface area (Å²) in [5.41, 5.74) is 2.23. The highest BCUT2D eigenvalue weighted by Crippen LogP contribution is 2.29. The predicted molar refractivity (Wildman–Crippen MR) is 101 cm³/mol. The van der Waals surface area contributed by atoms with Crippen LogP contribution in [0.25, 0.3) is 22.4 Å². The lowest BCUT2D eigenvalue weighted by atomic mass is 10.2. The van der Waals surface area contributed by atoms with Crippen LogP contribution in [0, 0.1) is 5.82 Å². The summed E-state index contributed by atoms with van der Waals surface area (Å²) in [5, 5.41) is 12.0. The smallest absolute Gasteiger partial charge is 0.277 e. The normalized spacial score (nSPS) is 11.0. The zero-order valence-corrected chi connectivity index (χ0v) is 14.9. The van der Waals surface area contributed by atoms with Crippen LogP contribution in [0.4, 0.5) is 4.39 Å². The van der Waals surface area contributed by atoms with Gasteiger partial charge in [-0.25, -0.2) is 4.39 Å². The van der Waals surface area contributed by atoms with Gasteiger partial charge in [-0.15, -0.1) is 10.2 Å². The van der Waals surface area contributed by atoms with Gasteiger partial charge in [-0.05, 0) is 12.1 Å². The lowest BCUT2D eigenvalue weighted by Gasteiger charge is -2.05. The number of aromatic amines is 1. The molecule has 0 saturated heterocycles. The second-order valence-electron chi connectivity index (χ2n) is 5.78. The molecule has 136 valence electrons. The van der Waals surface area contributed by atoms with Crippen molar-refractivity contribution >= 4 is 28.6 Å². The van der Waals surface area contributed by atoms with Crippen molar-refractivity contribution in [2.45, 2.75) is 11.8 Å². The monoisotopic (exact) mass is 382 g/mol. The molecule has 2 heterocycles. The van der Waals surface area contributed by atoms with Gasteiger partial charge in [-0.2, -0.15) is 0 Å². The number of hydrogen-bond acceptors (Lipinski definition) is 5. The molecule has 0 spiro atoms. The quantitative estimate of drug-likeness (QED) is 0.496. The van der Waals surface area contributed by atoms with Gasteiger partial charge in [-0.3, -0.25) is 4.79 Å². The van der Waals surface area contributed by atoms with E-state index < -0.39 is 0 Å². The summed E-state index contributed by atoms with van der Waals surface area (Å²) in [7, 11) is 0. The summed E-state index contributed by atoms with van der Waals surface area (Å²) in [4.78, 5) is 15.1. The van der Waals surface area contributed by atoms with Crippen molar-refractivity contribution in [3.63, 3.8) is 0 Å². The van der Waals surface area contributed by atoms with Gasteiger partial charge in [-0.1, -0.05) is 48.2 Å². The van der Waals surface area contributed by atoms with Crippen LogP contribution in [0.1, 0.15) is 5.56 Å². The molecule has 0 atom stereocenters. The maximum atomic E-state index is 13.5. The van der Waals surface area contributed by atoms with Gasteiger partial charge < -0.3 is 14.7 Å². The molecule has 8 heteroatoms. The Bertz CT molecular complexity index is 1090. The molecule has 0 aliphatic heterocycles. The zero-order chi connectivity index (χ0) is 18.6. The number of carbonyl (C=O) groups is 1. The second kappa shape index (κ2) is 7.63. The van der Waals surface area contributed by atoms with Crippen molar-refractivity contribution in [2.24, 2.45) is 0 Å². The molecule has 27 heavy (non-hydrogen) atoms. The fourth-order valence-corrected chi connectivity index (χ4v) is 3.23. The number of aromatic nitrogens is 3. The largest absolute Gasteiger partial charge is 0.411 e. The number of thioether (sulfide) groups is 1. The van der Waals surface area contributed by atoms with Crippen LogP contribution in [-0.4, -0.2) is 26.8 Å². The summed E-state index contributed by atoms with van der Waals surface area (Å²) in [6, 6.07) is 14.1. The fourth-order valence-electron chi connectivity index (χ4n) is 2.64. The maximum Gasteiger partial charge on any atom is 0.277 e. The minimum atomic E-state index is -0.342. The Labute approximate surface area is 158 Å². The zero-order valence-electron chi connectivity index (χ0n) is 14.1. The molecule has 1 amide bonds. The SMILES string of the molecule is O=C(CSc1nnc(-c2c[nH]c3ccccc23)o1)NCc1ccccc1F. The summed E-state index contributed by atoms with van der Waals surface area (Å²) < 4.78 is 19.2. The predicted octanol–water partition coefficient (Wildman–Crippen LogP) is 3.77. The van der Waals surface area contributed by atoms with E-state index in [0.717, 1.165) is 28.2 Å². The maximum absolute atomic E-state index is 13.5.